The van der Waals surface area contributed by atoms with Crippen molar-refractivity contribution in [2.45, 2.75) is 13.3 Å². The largest absolute Gasteiger partial charge is 0.425 e. The molecule has 0 aliphatic carbocycles. The number of hydrogen-bond donors (Lipinski definition) is 0. The van der Waals surface area contributed by atoms with Gasteiger partial charge in [0, 0.05) is 13.0 Å². The molecule has 0 heterocycles. The Kier molecular flexibility index (Phi) is 3.17. The van der Waals surface area contributed by atoms with Gasteiger partial charge in [0.1, 0.15) is 10.7 Å². The van der Waals surface area contributed by atoms with Crippen molar-refractivity contribution in [3.63, 3.8) is 0 Å². The Labute approximate surface area is 59.0 Å². The van der Waals surface area contributed by atoms with E-state index in [-0.39, 0.29) is 0 Å². The first-order valence-electron chi connectivity index (χ1n) is 2.76. The maximum Gasteiger partial charge on any atom is 0.425 e. The van der Waals surface area contributed by atoms with Crippen LogP contribution in [0.2, 0.25) is 0 Å². The van der Waals surface area contributed by atoms with Crippen LogP contribution in [0.15, 0.2) is 24.8 Å². The molecule has 0 amide bonds. The fraction of sp³-hybridized carbons (Fsp3) is 0.333. The summed E-state index contributed by atoms with van der Waals surface area (Å²) >= 11 is 0. The van der Waals surface area contributed by atoms with Crippen LogP contribution in [0.5, 0.6) is 0 Å². The third-order valence-corrected chi connectivity index (χ3v) is 0.860. The highest BCUT2D eigenvalue weighted by atomic mass is 16.7. The number of rotatable bonds is 4. The summed E-state index contributed by atoms with van der Waals surface area (Å²) in [6, 6.07) is 0. The Morgan fingerprint density at radius 1 is 1.70 bits per heavy atom. The van der Waals surface area contributed by atoms with E-state index < -0.39 is 10.8 Å². The Bertz CT molecular complexity index is 174. The first kappa shape index (κ1) is 8.68. The molecule has 0 fully saturated rings. The summed E-state index contributed by atoms with van der Waals surface area (Å²) in [5, 5.41) is 9.89. The zero-order chi connectivity index (χ0) is 8.15. The third kappa shape index (κ3) is 2.86. The second kappa shape index (κ2) is 3.66. The van der Waals surface area contributed by atoms with Crippen LogP contribution >= 0.6 is 0 Å². The van der Waals surface area contributed by atoms with E-state index in [2.05, 4.69) is 17.9 Å². The van der Waals surface area contributed by atoms with Gasteiger partial charge in [-0.3, -0.25) is 10.1 Å². The molecule has 0 saturated heterocycles. The molecule has 0 aromatic heterocycles. The van der Waals surface area contributed by atoms with Gasteiger partial charge in [-0.1, -0.05) is 13.5 Å². The van der Waals surface area contributed by atoms with Gasteiger partial charge in [0.15, 0.2) is 0 Å². The molecule has 10 heavy (non-hydrogen) atoms. The Hall–Kier alpha value is -1.32. The molecule has 0 bridgehead atoms. The van der Waals surface area contributed by atoms with Crippen LogP contribution in [0.25, 0.3) is 0 Å². The standard InChI is InChI=1S/C6H9NO3/c1-4-5(2)10-6(3)7(8)9/h2-4H2,1H3. The minimum Gasteiger partial charge on any atom is -0.407 e. The average molecular weight is 143 g/mol. The van der Waals surface area contributed by atoms with E-state index in [0.717, 1.165) is 0 Å². The summed E-state index contributed by atoms with van der Waals surface area (Å²) in [6.45, 7) is 8.26. The van der Waals surface area contributed by atoms with E-state index in [9.17, 15) is 10.1 Å². The lowest BCUT2D eigenvalue weighted by molar-refractivity contribution is -0.459. The van der Waals surface area contributed by atoms with Gasteiger partial charge >= 0.3 is 5.88 Å². The van der Waals surface area contributed by atoms with Crippen LogP contribution in [0.4, 0.5) is 0 Å². The SMILES string of the molecule is C=C(CC)OC(=C)[N+](=O)[O-]. The zero-order valence-corrected chi connectivity index (χ0v) is 5.79. The zero-order valence-electron chi connectivity index (χ0n) is 5.79. The number of hydrogen-bond acceptors (Lipinski definition) is 3. The average Bonchev–Trinajstić information content (AvgIpc) is 1.87. The Morgan fingerprint density at radius 3 is 2.50 bits per heavy atom. The predicted octanol–water partition coefficient (Wildman–Crippen LogP) is 1.67. The van der Waals surface area contributed by atoms with Crippen LogP contribution < -0.4 is 0 Å². The Balaban J connectivity index is 3.80. The fourth-order valence-corrected chi connectivity index (χ4v) is 0.276. The van der Waals surface area contributed by atoms with E-state index in [4.69, 9.17) is 0 Å². The topological polar surface area (TPSA) is 52.4 Å². The maximum atomic E-state index is 9.89. The van der Waals surface area contributed by atoms with E-state index in [1.807, 2.05) is 0 Å². The van der Waals surface area contributed by atoms with Gasteiger partial charge in [0.2, 0.25) is 0 Å². The molecule has 4 heteroatoms. The fourth-order valence-electron chi connectivity index (χ4n) is 0.276. The van der Waals surface area contributed by atoms with Crippen molar-refractivity contribution in [3.05, 3.63) is 34.9 Å². The molecule has 0 unspecified atom stereocenters. The molecule has 0 radical (unpaired) electrons. The molecule has 56 valence electrons. The summed E-state index contributed by atoms with van der Waals surface area (Å²) in [7, 11) is 0. The second-order valence-corrected chi connectivity index (χ2v) is 1.65. The molecule has 0 aromatic rings. The lowest BCUT2D eigenvalue weighted by Gasteiger charge is -2.00. The summed E-state index contributed by atoms with van der Waals surface area (Å²) in [5.41, 5.74) is 0. The number of nitro groups is 1. The molecule has 0 aliphatic heterocycles. The molecule has 0 saturated carbocycles. The van der Waals surface area contributed by atoms with Crippen molar-refractivity contribution < 1.29 is 9.66 Å². The Morgan fingerprint density at radius 2 is 2.20 bits per heavy atom. The maximum absolute atomic E-state index is 9.89. The number of nitrogens with zero attached hydrogens (tertiary/aromatic N) is 1. The van der Waals surface area contributed by atoms with Gasteiger partial charge in [-0.15, -0.1) is 0 Å². The van der Waals surface area contributed by atoms with Crippen LogP contribution in [0, 0.1) is 10.1 Å². The summed E-state index contributed by atoms with van der Waals surface area (Å²) in [4.78, 5) is 9.20. The van der Waals surface area contributed by atoms with Gasteiger partial charge in [-0.05, 0) is 0 Å². The highest BCUT2D eigenvalue weighted by Crippen LogP contribution is 2.05. The summed E-state index contributed by atoms with van der Waals surface area (Å²) in [6.07, 6.45) is 0.548. The smallest absolute Gasteiger partial charge is 0.407 e. The van der Waals surface area contributed by atoms with Gasteiger partial charge in [-0.25, -0.2) is 0 Å². The van der Waals surface area contributed by atoms with E-state index in [1.165, 1.54) is 0 Å². The summed E-state index contributed by atoms with van der Waals surface area (Å²) < 4.78 is 4.57. The van der Waals surface area contributed by atoms with Crippen molar-refractivity contribution >= 4 is 0 Å². The molecule has 0 atom stereocenters. The van der Waals surface area contributed by atoms with Crippen LogP contribution in [-0.4, -0.2) is 4.92 Å². The molecule has 0 N–H and O–H groups in total. The van der Waals surface area contributed by atoms with Gasteiger partial charge < -0.3 is 4.74 Å². The van der Waals surface area contributed by atoms with Crippen LogP contribution in [0.3, 0.4) is 0 Å². The van der Waals surface area contributed by atoms with Crippen LogP contribution in [-0.2, 0) is 4.74 Å². The monoisotopic (exact) mass is 143 g/mol. The molecular formula is C6H9NO3. The molecule has 0 aromatic carbocycles. The number of ether oxygens (including phenoxy) is 1. The van der Waals surface area contributed by atoms with Gasteiger partial charge in [0.25, 0.3) is 0 Å². The number of allylic oxidation sites excluding steroid dienone is 1. The van der Waals surface area contributed by atoms with E-state index in [0.29, 0.717) is 12.2 Å². The molecule has 0 rings (SSSR count). The highest BCUT2D eigenvalue weighted by Gasteiger charge is 2.07. The quantitative estimate of drug-likeness (QED) is 0.341. The van der Waals surface area contributed by atoms with Crippen molar-refractivity contribution in [1.82, 2.24) is 0 Å². The van der Waals surface area contributed by atoms with Gasteiger partial charge in [0.05, 0.1) is 0 Å². The minimum atomic E-state index is -0.694. The van der Waals surface area contributed by atoms with E-state index in [1.54, 1.807) is 6.92 Å². The normalized spacial score (nSPS) is 8.50. The lowest BCUT2D eigenvalue weighted by Crippen LogP contribution is -2.00. The van der Waals surface area contributed by atoms with E-state index >= 15 is 0 Å². The molecular weight excluding hydrogens is 134 g/mol. The first-order valence-corrected chi connectivity index (χ1v) is 2.76. The predicted molar refractivity (Wildman–Crippen MR) is 36.7 cm³/mol. The van der Waals surface area contributed by atoms with Crippen molar-refractivity contribution in [2.75, 3.05) is 0 Å². The molecule has 0 spiro atoms. The minimum absolute atomic E-state index is 0.349. The summed E-state index contributed by atoms with van der Waals surface area (Å²) in [5.74, 6) is -0.131. The molecule has 0 aliphatic rings. The van der Waals surface area contributed by atoms with Crippen molar-refractivity contribution in [3.8, 4) is 0 Å². The van der Waals surface area contributed by atoms with Crippen LogP contribution in [0.1, 0.15) is 13.3 Å². The molecule has 4 nitrogen and oxygen atoms in total. The second-order valence-electron chi connectivity index (χ2n) is 1.65. The lowest BCUT2D eigenvalue weighted by atomic mass is 10.4. The van der Waals surface area contributed by atoms with Crippen molar-refractivity contribution in [2.24, 2.45) is 0 Å². The third-order valence-electron chi connectivity index (χ3n) is 0.860. The van der Waals surface area contributed by atoms with Gasteiger partial charge in [-0.2, -0.15) is 0 Å². The first-order chi connectivity index (χ1) is 4.57. The highest BCUT2D eigenvalue weighted by molar-refractivity contribution is 4.85. The van der Waals surface area contributed by atoms with Crippen molar-refractivity contribution in [1.29, 1.82) is 0 Å².